The molecular formula is C27H21ClN2O4S. The molecule has 176 valence electrons. The average molecular weight is 505 g/mol. The van der Waals surface area contributed by atoms with Gasteiger partial charge in [0.1, 0.15) is 11.5 Å². The molecule has 4 aromatic rings. The van der Waals surface area contributed by atoms with Gasteiger partial charge in [-0.25, -0.2) is 4.98 Å². The van der Waals surface area contributed by atoms with Gasteiger partial charge in [0.25, 0.3) is 5.78 Å². The third-order valence-corrected chi connectivity index (χ3v) is 7.06. The van der Waals surface area contributed by atoms with E-state index >= 15 is 0 Å². The SMILES string of the molecule is CCOc1cccc(C2C(=C(O)c3ccc(Cl)cc3)C(=O)C(=O)N2c2nc3ccc(C)cc3s2)c1. The fraction of sp³-hybridized carbons (Fsp3) is 0.148. The number of aliphatic hydroxyl groups is 1. The van der Waals surface area contributed by atoms with Gasteiger partial charge < -0.3 is 9.84 Å². The number of amides is 1. The number of ether oxygens (including phenoxy) is 1. The Bertz CT molecular complexity index is 1490. The third-order valence-electron chi connectivity index (χ3n) is 5.79. The number of fused-ring (bicyclic) bond motifs is 1. The molecule has 0 aliphatic carbocycles. The van der Waals surface area contributed by atoms with Gasteiger partial charge in [-0.05, 0) is 73.5 Å². The van der Waals surface area contributed by atoms with E-state index < -0.39 is 17.7 Å². The number of anilines is 1. The first-order valence-electron chi connectivity index (χ1n) is 11.0. The first-order valence-corrected chi connectivity index (χ1v) is 12.2. The van der Waals surface area contributed by atoms with Crippen molar-refractivity contribution >= 4 is 55.7 Å². The maximum atomic E-state index is 13.4. The molecule has 1 aliphatic rings. The summed E-state index contributed by atoms with van der Waals surface area (Å²) in [5.41, 5.74) is 2.80. The minimum absolute atomic E-state index is 0.0126. The molecule has 35 heavy (non-hydrogen) atoms. The van der Waals surface area contributed by atoms with E-state index in [9.17, 15) is 14.7 Å². The Morgan fingerprint density at radius 3 is 2.63 bits per heavy atom. The van der Waals surface area contributed by atoms with Gasteiger partial charge in [-0.15, -0.1) is 0 Å². The number of nitrogens with zero attached hydrogens (tertiary/aromatic N) is 2. The van der Waals surface area contributed by atoms with Crippen LogP contribution < -0.4 is 9.64 Å². The Balaban J connectivity index is 1.72. The van der Waals surface area contributed by atoms with Crippen LogP contribution in [-0.2, 0) is 9.59 Å². The van der Waals surface area contributed by atoms with Crippen LogP contribution in [0, 0.1) is 6.92 Å². The number of rotatable bonds is 5. The highest BCUT2D eigenvalue weighted by Crippen LogP contribution is 2.45. The van der Waals surface area contributed by atoms with Gasteiger partial charge in [-0.2, -0.15) is 0 Å². The molecule has 1 saturated heterocycles. The molecule has 5 rings (SSSR count). The molecule has 1 atom stereocenters. The monoisotopic (exact) mass is 504 g/mol. The minimum Gasteiger partial charge on any atom is -0.507 e. The summed E-state index contributed by atoms with van der Waals surface area (Å²) < 4.78 is 6.56. The zero-order chi connectivity index (χ0) is 24.7. The quantitative estimate of drug-likeness (QED) is 0.196. The molecule has 8 heteroatoms. The molecule has 0 radical (unpaired) electrons. The lowest BCUT2D eigenvalue weighted by Crippen LogP contribution is -2.29. The Morgan fingerprint density at radius 2 is 1.89 bits per heavy atom. The lowest BCUT2D eigenvalue weighted by molar-refractivity contribution is -0.132. The highest BCUT2D eigenvalue weighted by Gasteiger charge is 2.48. The zero-order valence-corrected chi connectivity index (χ0v) is 20.6. The Labute approximate surface area is 211 Å². The fourth-order valence-electron chi connectivity index (χ4n) is 4.17. The molecule has 0 bridgehead atoms. The van der Waals surface area contributed by atoms with Crippen molar-refractivity contribution < 1.29 is 19.4 Å². The van der Waals surface area contributed by atoms with E-state index in [-0.39, 0.29) is 11.3 Å². The van der Waals surface area contributed by atoms with Gasteiger partial charge in [0.2, 0.25) is 0 Å². The van der Waals surface area contributed by atoms with Crippen LogP contribution in [0.2, 0.25) is 5.02 Å². The first kappa shape index (κ1) is 23.1. The summed E-state index contributed by atoms with van der Waals surface area (Å²) >= 11 is 7.33. The second-order valence-electron chi connectivity index (χ2n) is 8.15. The summed E-state index contributed by atoms with van der Waals surface area (Å²) in [4.78, 5) is 32.8. The van der Waals surface area contributed by atoms with Crippen molar-refractivity contribution in [1.82, 2.24) is 4.98 Å². The van der Waals surface area contributed by atoms with Crippen molar-refractivity contribution in [3.63, 3.8) is 0 Å². The topological polar surface area (TPSA) is 79.7 Å². The maximum absolute atomic E-state index is 13.4. The van der Waals surface area contributed by atoms with Crippen LogP contribution in [0.1, 0.15) is 29.7 Å². The predicted octanol–water partition coefficient (Wildman–Crippen LogP) is 6.28. The standard InChI is InChI=1S/C27H21ClN2O4S/c1-3-34-19-6-4-5-17(14-19)23-22(24(31)16-8-10-18(28)11-9-16)25(32)26(33)30(23)27-29-20-12-7-15(2)13-21(20)35-27/h4-14,23,31H,3H2,1-2H3. The van der Waals surface area contributed by atoms with Gasteiger partial charge in [-0.3, -0.25) is 14.5 Å². The number of ketones is 1. The minimum atomic E-state index is -0.882. The largest absolute Gasteiger partial charge is 0.507 e. The van der Waals surface area contributed by atoms with Crippen molar-refractivity contribution in [2.45, 2.75) is 19.9 Å². The predicted molar refractivity (Wildman–Crippen MR) is 138 cm³/mol. The van der Waals surface area contributed by atoms with E-state index in [1.165, 1.54) is 16.2 Å². The zero-order valence-electron chi connectivity index (χ0n) is 19.0. The second-order valence-corrected chi connectivity index (χ2v) is 9.59. The molecule has 6 nitrogen and oxygen atoms in total. The van der Waals surface area contributed by atoms with Gasteiger partial charge in [-0.1, -0.05) is 41.1 Å². The summed E-state index contributed by atoms with van der Waals surface area (Å²) in [5.74, 6) is -1.20. The molecule has 1 aromatic heterocycles. The maximum Gasteiger partial charge on any atom is 0.301 e. The number of Topliss-reactive ketones (excluding diaryl/α,β-unsaturated/α-hetero) is 1. The first-order chi connectivity index (χ1) is 16.9. The lowest BCUT2D eigenvalue weighted by Gasteiger charge is -2.23. The molecule has 1 amide bonds. The van der Waals surface area contributed by atoms with E-state index in [2.05, 4.69) is 4.98 Å². The van der Waals surface area contributed by atoms with Gasteiger partial charge in [0.05, 0.1) is 28.4 Å². The van der Waals surface area contributed by atoms with Gasteiger partial charge in [0, 0.05) is 10.6 Å². The smallest absolute Gasteiger partial charge is 0.301 e. The van der Waals surface area contributed by atoms with Crippen LogP contribution in [0.15, 0.2) is 72.3 Å². The molecule has 1 N–H and O–H groups in total. The van der Waals surface area contributed by atoms with E-state index in [4.69, 9.17) is 16.3 Å². The Hall–Kier alpha value is -3.68. The summed E-state index contributed by atoms with van der Waals surface area (Å²) in [6.07, 6.45) is 0. The summed E-state index contributed by atoms with van der Waals surface area (Å²) in [7, 11) is 0. The average Bonchev–Trinajstić information content (AvgIpc) is 3.37. The van der Waals surface area contributed by atoms with E-state index in [1.54, 1.807) is 48.5 Å². The molecule has 1 aliphatic heterocycles. The normalized spacial score (nSPS) is 17.3. The van der Waals surface area contributed by atoms with Crippen molar-refractivity contribution in [2.24, 2.45) is 0 Å². The van der Waals surface area contributed by atoms with Gasteiger partial charge in [0.15, 0.2) is 5.13 Å². The van der Waals surface area contributed by atoms with Crippen molar-refractivity contribution in [1.29, 1.82) is 0 Å². The molecule has 2 heterocycles. The van der Waals surface area contributed by atoms with Crippen LogP contribution in [0.5, 0.6) is 5.75 Å². The fourth-order valence-corrected chi connectivity index (χ4v) is 5.39. The number of thiazole rings is 1. The molecule has 0 saturated carbocycles. The number of benzene rings is 3. The van der Waals surface area contributed by atoms with Crippen LogP contribution in [0.25, 0.3) is 16.0 Å². The van der Waals surface area contributed by atoms with Crippen LogP contribution in [-0.4, -0.2) is 28.4 Å². The second kappa shape index (κ2) is 9.17. The number of aromatic nitrogens is 1. The van der Waals surface area contributed by atoms with Crippen molar-refractivity contribution in [3.05, 3.63) is 94.0 Å². The molecular weight excluding hydrogens is 484 g/mol. The van der Waals surface area contributed by atoms with Crippen LogP contribution in [0.3, 0.4) is 0 Å². The van der Waals surface area contributed by atoms with E-state index in [1.807, 2.05) is 32.0 Å². The Kier molecular flexibility index (Phi) is 6.05. The molecule has 1 fully saturated rings. The van der Waals surface area contributed by atoms with Crippen molar-refractivity contribution in [2.75, 3.05) is 11.5 Å². The highest BCUT2D eigenvalue weighted by atomic mass is 35.5. The number of carbonyl (C=O) groups excluding carboxylic acids is 2. The van der Waals surface area contributed by atoms with Crippen molar-refractivity contribution in [3.8, 4) is 5.75 Å². The van der Waals surface area contributed by atoms with E-state index in [0.717, 1.165) is 15.8 Å². The number of hydrogen-bond donors (Lipinski definition) is 1. The number of aliphatic hydroxyl groups excluding tert-OH is 1. The van der Waals surface area contributed by atoms with Crippen LogP contribution in [0.4, 0.5) is 5.13 Å². The third kappa shape index (κ3) is 4.17. The number of halogens is 1. The molecule has 1 unspecified atom stereocenters. The summed E-state index contributed by atoms with van der Waals surface area (Å²) in [6, 6.07) is 18.6. The summed E-state index contributed by atoms with van der Waals surface area (Å²) in [5, 5.41) is 12.1. The molecule has 3 aromatic carbocycles. The number of carbonyl (C=O) groups is 2. The molecule has 0 spiro atoms. The number of hydrogen-bond acceptors (Lipinski definition) is 6. The number of aryl methyl sites for hydroxylation is 1. The van der Waals surface area contributed by atoms with E-state index in [0.29, 0.717) is 33.6 Å². The van der Waals surface area contributed by atoms with Crippen LogP contribution >= 0.6 is 22.9 Å². The highest BCUT2D eigenvalue weighted by molar-refractivity contribution is 7.22. The van der Waals surface area contributed by atoms with Gasteiger partial charge >= 0.3 is 5.91 Å². The summed E-state index contributed by atoms with van der Waals surface area (Å²) in [6.45, 7) is 4.32. The lowest BCUT2D eigenvalue weighted by atomic mass is 9.95. The Morgan fingerprint density at radius 1 is 1.11 bits per heavy atom.